The number of morpholine rings is 1. The Kier molecular flexibility index (Phi) is 10.8. The zero-order chi connectivity index (χ0) is 31.1. The minimum Gasteiger partial charge on any atom is -0.466 e. The van der Waals surface area contributed by atoms with Crippen LogP contribution in [0.4, 0.5) is 29.8 Å². The summed E-state index contributed by atoms with van der Waals surface area (Å²) in [5, 5.41) is 1.12. The first-order valence-corrected chi connectivity index (χ1v) is 16.2. The molecular formula is C29H35F3N6O4S2. The van der Waals surface area contributed by atoms with E-state index in [9.17, 15) is 18.0 Å². The highest BCUT2D eigenvalue weighted by Crippen LogP contribution is 2.41. The molecule has 2 aliphatic heterocycles. The summed E-state index contributed by atoms with van der Waals surface area (Å²) in [5.41, 5.74) is 0.259. The van der Waals surface area contributed by atoms with E-state index in [0.717, 1.165) is 10.7 Å². The quantitative estimate of drug-likeness (QED) is 0.198. The Morgan fingerprint density at radius 1 is 1.09 bits per heavy atom. The molecule has 0 saturated carbocycles. The molecule has 238 valence electrons. The lowest BCUT2D eigenvalue weighted by atomic mass is 9.97. The lowest BCUT2D eigenvalue weighted by Gasteiger charge is -2.31. The van der Waals surface area contributed by atoms with Crippen LogP contribution in [0.25, 0.3) is 11.3 Å². The van der Waals surface area contributed by atoms with Crippen LogP contribution < -0.4 is 14.5 Å². The van der Waals surface area contributed by atoms with Gasteiger partial charge < -0.3 is 28.7 Å². The summed E-state index contributed by atoms with van der Waals surface area (Å²) < 4.78 is 61.8. The summed E-state index contributed by atoms with van der Waals surface area (Å²) in [7, 11) is 0. The second kappa shape index (κ2) is 14.8. The predicted octanol–water partition coefficient (Wildman–Crippen LogP) is 5.89. The van der Waals surface area contributed by atoms with Crippen molar-refractivity contribution in [2.24, 2.45) is 5.92 Å². The Hall–Kier alpha value is -3.14. The molecule has 0 unspecified atom stereocenters. The van der Waals surface area contributed by atoms with Crippen molar-refractivity contribution in [1.82, 2.24) is 15.0 Å². The molecule has 0 amide bonds. The van der Waals surface area contributed by atoms with E-state index < -0.39 is 11.7 Å². The third-order valence-corrected chi connectivity index (χ3v) is 9.15. The van der Waals surface area contributed by atoms with E-state index in [1.807, 2.05) is 13.8 Å². The number of hydrogen-bond acceptors (Lipinski definition) is 12. The van der Waals surface area contributed by atoms with Gasteiger partial charge in [-0.1, -0.05) is 17.4 Å². The summed E-state index contributed by atoms with van der Waals surface area (Å²) >= 11 is 2.53. The molecule has 0 radical (unpaired) electrons. The molecule has 0 aliphatic carbocycles. The molecule has 5 rings (SSSR count). The van der Waals surface area contributed by atoms with Gasteiger partial charge in [0.1, 0.15) is 10.8 Å². The van der Waals surface area contributed by atoms with Gasteiger partial charge >= 0.3 is 12.1 Å². The number of halogens is 3. The Labute approximate surface area is 262 Å². The molecule has 2 fully saturated rings. The Balaban J connectivity index is 1.28. The molecule has 1 aromatic carbocycles. The number of alkyl halides is 3. The molecule has 1 N–H and O–H groups in total. The Morgan fingerprint density at radius 3 is 2.52 bits per heavy atom. The number of carbonyl (C=O) groups is 1. The summed E-state index contributed by atoms with van der Waals surface area (Å²) in [6, 6.07) is 4.37. The van der Waals surface area contributed by atoms with Gasteiger partial charge in [-0.05, 0) is 38.8 Å². The number of anilines is 3. The number of benzene rings is 1. The molecule has 0 bridgehead atoms. The molecule has 3 aromatic rings. The number of esters is 1. The second-order valence-corrected chi connectivity index (χ2v) is 12.1. The molecule has 10 nitrogen and oxygen atoms in total. The van der Waals surface area contributed by atoms with Crippen molar-refractivity contribution in [1.29, 1.82) is 0 Å². The van der Waals surface area contributed by atoms with Gasteiger partial charge in [-0.2, -0.15) is 13.2 Å². The summed E-state index contributed by atoms with van der Waals surface area (Å²) in [5.74, 6) is 0.501. The van der Waals surface area contributed by atoms with Crippen LogP contribution in [-0.2, 0) is 31.8 Å². The number of ether oxygens (including phenoxy) is 3. The average molecular weight is 653 g/mol. The van der Waals surface area contributed by atoms with E-state index in [4.69, 9.17) is 14.2 Å². The van der Waals surface area contributed by atoms with Crippen LogP contribution >= 0.6 is 23.3 Å². The summed E-state index contributed by atoms with van der Waals surface area (Å²) in [4.78, 5) is 30.2. The average Bonchev–Trinajstić information content (AvgIpc) is 3.46. The number of nitrogens with one attached hydrogen (secondary N) is 1. The van der Waals surface area contributed by atoms with Gasteiger partial charge in [0.05, 0.1) is 60.9 Å². The van der Waals surface area contributed by atoms with E-state index in [1.165, 1.54) is 35.4 Å². The van der Waals surface area contributed by atoms with Crippen LogP contribution in [0.1, 0.15) is 37.1 Å². The van der Waals surface area contributed by atoms with Gasteiger partial charge in [-0.25, -0.2) is 15.0 Å². The van der Waals surface area contributed by atoms with E-state index in [-0.39, 0.29) is 24.2 Å². The van der Waals surface area contributed by atoms with Gasteiger partial charge in [-0.15, -0.1) is 0 Å². The number of nitrogens with zero attached hydrogens (tertiary/aromatic N) is 5. The van der Waals surface area contributed by atoms with Gasteiger partial charge in [0, 0.05) is 56.0 Å². The first-order valence-electron chi connectivity index (χ1n) is 14.5. The first kappa shape index (κ1) is 32.3. The number of carbonyl (C=O) groups excluding carboxylic acids is 1. The normalized spacial score (nSPS) is 16.3. The second-order valence-electron chi connectivity index (χ2n) is 10.2. The number of piperidine rings is 1. The molecule has 4 heterocycles. The van der Waals surface area contributed by atoms with Crippen molar-refractivity contribution in [3.8, 4) is 11.3 Å². The van der Waals surface area contributed by atoms with E-state index >= 15 is 0 Å². The zero-order valence-electron chi connectivity index (χ0n) is 24.6. The third kappa shape index (κ3) is 7.92. The third-order valence-electron chi connectivity index (χ3n) is 7.36. The van der Waals surface area contributed by atoms with Crippen LogP contribution in [0.15, 0.2) is 35.6 Å². The maximum atomic E-state index is 14.2. The fraction of sp³-hybridized carbons (Fsp3) is 0.517. The number of rotatable bonds is 11. The number of aromatic nitrogens is 3. The van der Waals surface area contributed by atoms with Crippen LogP contribution in [0, 0.1) is 5.92 Å². The molecule has 2 aliphatic rings. The molecule has 44 heavy (non-hydrogen) atoms. The predicted molar refractivity (Wildman–Crippen MR) is 164 cm³/mol. The van der Waals surface area contributed by atoms with E-state index in [2.05, 4.69) is 24.6 Å². The molecule has 15 heteroatoms. The van der Waals surface area contributed by atoms with Crippen molar-refractivity contribution in [2.45, 2.75) is 44.5 Å². The lowest BCUT2D eigenvalue weighted by molar-refractivity contribution is -0.148. The highest BCUT2D eigenvalue weighted by molar-refractivity contribution is 8.00. The topological polar surface area (TPSA) is 102 Å². The SMILES string of the molecule is CCOCc1sc(NSc2cnc(N3CCC(C(=O)OCC)CC3)cn2)nc1-c1ccc(N2CCOCC2)c(C(F)(F)F)c1. The minimum absolute atomic E-state index is 0.0863. The van der Waals surface area contributed by atoms with Crippen molar-refractivity contribution >= 4 is 45.9 Å². The monoisotopic (exact) mass is 652 g/mol. The summed E-state index contributed by atoms with van der Waals surface area (Å²) in [6.45, 7) is 7.70. The van der Waals surface area contributed by atoms with Gasteiger partial charge in [0.25, 0.3) is 0 Å². The van der Waals surface area contributed by atoms with Gasteiger partial charge in [0.15, 0.2) is 5.13 Å². The fourth-order valence-corrected chi connectivity index (χ4v) is 6.64. The molecule has 2 aromatic heterocycles. The number of hydrogen-bond donors (Lipinski definition) is 1. The van der Waals surface area contributed by atoms with Gasteiger partial charge in [-0.3, -0.25) is 4.79 Å². The van der Waals surface area contributed by atoms with Crippen LogP contribution in [0.5, 0.6) is 0 Å². The zero-order valence-corrected chi connectivity index (χ0v) is 26.2. The minimum atomic E-state index is -4.53. The van der Waals surface area contributed by atoms with E-state index in [0.29, 0.717) is 86.9 Å². The van der Waals surface area contributed by atoms with Crippen LogP contribution in [0.3, 0.4) is 0 Å². The molecule has 0 spiro atoms. The highest BCUT2D eigenvalue weighted by Gasteiger charge is 2.36. The van der Waals surface area contributed by atoms with Crippen LogP contribution in [-0.4, -0.2) is 73.5 Å². The maximum absolute atomic E-state index is 14.2. The fourth-order valence-electron chi connectivity index (χ4n) is 5.13. The molecular weight excluding hydrogens is 617 g/mol. The lowest BCUT2D eigenvalue weighted by Crippen LogP contribution is -2.37. The maximum Gasteiger partial charge on any atom is 0.418 e. The van der Waals surface area contributed by atoms with Crippen LogP contribution in [0.2, 0.25) is 0 Å². The van der Waals surface area contributed by atoms with Gasteiger partial charge in [0.2, 0.25) is 0 Å². The van der Waals surface area contributed by atoms with Crippen molar-refractivity contribution < 1.29 is 32.2 Å². The first-order chi connectivity index (χ1) is 21.3. The largest absolute Gasteiger partial charge is 0.466 e. The Morgan fingerprint density at radius 2 is 1.86 bits per heavy atom. The van der Waals surface area contributed by atoms with E-state index in [1.54, 1.807) is 23.4 Å². The van der Waals surface area contributed by atoms with Crippen molar-refractivity contribution in [3.05, 3.63) is 41.0 Å². The standard InChI is InChI=1S/C29H35F3N6O4S2/c1-3-40-18-23-26(20-5-6-22(21(15-20)29(30,31)32)37-11-13-41-14-12-37)35-28(43-23)36-44-25-17-33-24(16-34-25)38-9-7-19(8-10-38)27(39)42-4-2/h5-6,15-17,19H,3-4,7-14,18H2,1-2H3,(H,35,36). The molecule has 2 saturated heterocycles. The molecule has 0 atom stereocenters. The highest BCUT2D eigenvalue weighted by atomic mass is 32.2. The summed E-state index contributed by atoms with van der Waals surface area (Å²) in [6.07, 6.45) is 0.223. The Bertz CT molecular complexity index is 1390. The number of thiazole rings is 1. The van der Waals surface area contributed by atoms with Crippen molar-refractivity contribution in [3.63, 3.8) is 0 Å². The smallest absolute Gasteiger partial charge is 0.418 e. The van der Waals surface area contributed by atoms with Crippen molar-refractivity contribution in [2.75, 3.05) is 67.1 Å².